The Labute approximate surface area is 118 Å². The summed E-state index contributed by atoms with van der Waals surface area (Å²) in [6.07, 6.45) is 3.06. The van der Waals surface area contributed by atoms with E-state index < -0.39 is 0 Å². The molecule has 2 bridgehead atoms. The van der Waals surface area contributed by atoms with Crippen LogP contribution in [0.5, 0.6) is 0 Å². The van der Waals surface area contributed by atoms with Crippen molar-refractivity contribution in [1.29, 1.82) is 0 Å². The van der Waals surface area contributed by atoms with Gasteiger partial charge in [0.2, 0.25) is 0 Å². The van der Waals surface area contributed by atoms with Crippen molar-refractivity contribution in [2.45, 2.75) is 26.3 Å². The van der Waals surface area contributed by atoms with Crippen molar-refractivity contribution < 1.29 is 0 Å². The molecule has 2 aliphatic rings. The lowest BCUT2D eigenvalue weighted by molar-refractivity contribution is 0.788. The minimum absolute atomic E-state index is 0.560. The van der Waals surface area contributed by atoms with E-state index in [9.17, 15) is 0 Å². The van der Waals surface area contributed by atoms with Crippen molar-refractivity contribution in [1.82, 2.24) is 9.97 Å². The van der Waals surface area contributed by atoms with E-state index in [0.29, 0.717) is 6.04 Å². The van der Waals surface area contributed by atoms with Gasteiger partial charge in [-0.2, -0.15) is 0 Å². The zero-order chi connectivity index (χ0) is 13.7. The zero-order valence-corrected chi connectivity index (χ0v) is 11.8. The van der Waals surface area contributed by atoms with Gasteiger partial charge in [-0.3, -0.25) is 4.98 Å². The molecule has 20 heavy (non-hydrogen) atoms. The smallest absolute Gasteiger partial charge is 0.150 e. The summed E-state index contributed by atoms with van der Waals surface area (Å²) in [4.78, 5) is 11.6. The fraction of sp³-hybridized carbons (Fsp3) is 0.375. The zero-order valence-electron chi connectivity index (χ0n) is 11.8. The molecule has 0 aromatic carbocycles. The van der Waals surface area contributed by atoms with E-state index in [4.69, 9.17) is 4.98 Å². The van der Waals surface area contributed by atoms with Gasteiger partial charge in [0.1, 0.15) is 0 Å². The summed E-state index contributed by atoms with van der Waals surface area (Å²) in [6.45, 7) is 6.41. The Balaban J connectivity index is 1.85. The summed E-state index contributed by atoms with van der Waals surface area (Å²) in [5, 5.41) is 3.57. The van der Waals surface area contributed by atoms with Crippen LogP contribution in [0.1, 0.15) is 17.7 Å². The third-order valence-corrected chi connectivity index (χ3v) is 4.23. The van der Waals surface area contributed by atoms with Gasteiger partial charge in [-0.1, -0.05) is 0 Å². The summed E-state index contributed by atoms with van der Waals surface area (Å²) in [6, 6.07) is 6.96. The first-order chi connectivity index (χ1) is 9.70. The second kappa shape index (κ2) is 4.20. The Morgan fingerprint density at radius 1 is 1.30 bits per heavy atom. The van der Waals surface area contributed by atoms with Crippen LogP contribution in [0.4, 0.5) is 11.5 Å². The first-order valence-electron chi connectivity index (χ1n) is 7.17. The third-order valence-electron chi connectivity index (χ3n) is 4.23. The fourth-order valence-corrected chi connectivity index (χ4v) is 3.22. The maximum Gasteiger partial charge on any atom is 0.150 e. The summed E-state index contributed by atoms with van der Waals surface area (Å²) < 4.78 is 0. The molecule has 4 heteroatoms. The maximum atomic E-state index is 4.88. The molecule has 4 nitrogen and oxygen atoms in total. The van der Waals surface area contributed by atoms with E-state index in [-0.39, 0.29) is 0 Å². The van der Waals surface area contributed by atoms with Gasteiger partial charge in [0.15, 0.2) is 5.82 Å². The number of nitrogens with zero attached hydrogens (tertiary/aromatic N) is 3. The minimum Gasteiger partial charge on any atom is -0.366 e. The van der Waals surface area contributed by atoms with E-state index in [1.807, 2.05) is 19.2 Å². The summed E-state index contributed by atoms with van der Waals surface area (Å²) >= 11 is 0. The van der Waals surface area contributed by atoms with E-state index in [0.717, 1.165) is 35.9 Å². The average molecular weight is 266 g/mol. The molecule has 0 unspecified atom stereocenters. The highest BCUT2D eigenvalue weighted by Gasteiger charge is 2.31. The molecule has 0 saturated carbocycles. The third kappa shape index (κ3) is 1.75. The molecule has 1 fully saturated rings. The molecule has 2 aromatic rings. The molecule has 1 N–H and O–H groups in total. The highest BCUT2D eigenvalue weighted by Crippen LogP contribution is 2.37. The van der Waals surface area contributed by atoms with Crippen LogP contribution in [-0.4, -0.2) is 29.1 Å². The molecule has 2 aromatic heterocycles. The summed E-state index contributed by atoms with van der Waals surface area (Å²) in [5.41, 5.74) is 5.71. The van der Waals surface area contributed by atoms with Crippen LogP contribution < -0.4 is 10.2 Å². The SMILES string of the molecule is Cc1cc(-c2nc3c(cc2C)N2CC[C@@H](C2)N3)ccn1. The maximum absolute atomic E-state index is 4.88. The minimum atomic E-state index is 0.560. The lowest BCUT2D eigenvalue weighted by Gasteiger charge is -2.28. The van der Waals surface area contributed by atoms with Gasteiger partial charge in [0.25, 0.3) is 0 Å². The van der Waals surface area contributed by atoms with Crippen molar-refractivity contribution >= 4 is 11.5 Å². The number of rotatable bonds is 1. The number of hydrogen-bond acceptors (Lipinski definition) is 4. The molecule has 0 aliphatic carbocycles. The molecule has 2 aliphatic heterocycles. The Kier molecular flexibility index (Phi) is 2.46. The van der Waals surface area contributed by atoms with E-state index in [1.54, 1.807) is 0 Å². The predicted molar refractivity (Wildman–Crippen MR) is 81.2 cm³/mol. The first-order valence-corrected chi connectivity index (χ1v) is 7.17. The number of pyridine rings is 2. The highest BCUT2D eigenvalue weighted by atomic mass is 15.3. The van der Waals surface area contributed by atoms with Gasteiger partial charge in [-0.25, -0.2) is 4.98 Å². The largest absolute Gasteiger partial charge is 0.366 e. The molecule has 102 valence electrons. The van der Waals surface area contributed by atoms with Crippen LogP contribution in [0.15, 0.2) is 24.4 Å². The van der Waals surface area contributed by atoms with Crippen LogP contribution in [0, 0.1) is 13.8 Å². The average Bonchev–Trinajstić information content (AvgIpc) is 2.82. The summed E-state index contributed by atoms with van der Waals surface area (Å²) in [5.74, 6) is 1.04. The lowest BCUT2D eigenvalue weighted by Crippen LogP contribution is -2.32. The van der Waals surface area contributed by atoms with Crippen molar-refractivity contribution in [2.75, 3.05) is 23.3 Å². The van der Waals surface area contributed by atoms with Crippen LogP contribution >= 0.6 is 0 Å². The molecule has 0 spiro atoms. The quantitative estimate of drug-likeness (QED) is 0.861. The number of fused-ring (bicyclic) bond motifs is 4. The molecule has 4 rings (SSSR count). The van der Waals surface area contributed by atoms with E-state index >= 15 is 0 Å². The number of aromatic nitrogens is 2. The van der Waals surface area contributed by atoms with E-state index in [2.05, 4.69) is 34.3 Å². The topological polar surface area (TPSA) is 41.1 Å². The molecular formula is C16H18N4. The van der Waals surface area contributed by atoms with Crippen molar-refractivity contribution in [2.24, 2.45) is 0 Å². The standard InChI is InChI=1S/C16H18N4/c1-10-7-14-16(18-13-4-6-20(14)9-13)19-15(10)12-3-5-17-11(2)8-12/h3,5,7-8,13H,4,6,9H2,1-2H3,(H,18,19)/t13-/m0/s1. The Morgan fingerprint density at radius 2 is 2.20 bits per heavy atom. The van der Waals surface area contributed by atoms with Gasteiger partial charge in [0.05, 0.1) is 11.4 Å². The number of hydrogen-bond donors (Lipinski definition) is 1. The van der Waals surface area contributed by atoms with Crippen molar-refractivity contribution in [3.8, 4) is 11.3 Å². The van der Waals surface area contributed by atoms with Gasteiger partial charge in [-0.05, 0) is 44.0 Å². The lowest BCUT2D eigenvalue weighted by atomic mass is 10.1. The molecule has 4 heterocycles. The van der Waals surface area contributed by atoms with Gasteiger partial charge >= 0.3 is 0 Å². The fourth-order valence-electron chi connectivity index (χ4n) is 3.22. The second-order valence-electron chi connectivity index (χ2n) is 5.78. The Bertz CT molecular complexity index is 680. The van der Waals surface area contributed by atoms with Gasteiger partial charge in [0, 0.05) is 36.6 Å². The Hall–Kier alpha value is -2.10. The van der Waals surface area contributed by atoms with Gasteiger partial charge < -0.3 is 10.2 Å². The summed E-state index contributed by atoms with van der Waals surface area (Å²) in [7, 11) is 0. The first kappa shape index (κ1) is 11.7. The number of aryl methyl sites for hydroxylation is 2. The van der Waals surface area contributed by atoms with Crippen molar-refractivity contribution in [3.05, 3.63) is 35.7 Å². The normalized spacial score (nSPS) is 19.7. The Morgan fingerprint density at radius 3 is 3.05 bits per heavy atom. The van der Waals surface area contributed by atoms with Crippen LogP contribution in [0.2, 0.25) is 0 Å². The molecule has 1 atom stereocenters. The van der Waals surface area contributed by atoms with E-state index in [1.165, 1.54) is 17.7 Å². The molecular weight excluding hydrogens is 248 g/mol. The monoisotopic (exact) mass is 266 g/mol. The number of anilines is 2. The van der Waals surface area contributed by atoms with Gasteiger partial charge in [-0.15, -0.1) is 0 Å². The highest BCUT2D eigenvalue weighted by molar-refractivity contribution is 5.76. The molecule has 0 radical (unpaired) electrons. The van der Waals surface area contributed by atoms with Crippen LogP contribution in [-0.2, 0) is 0 Å². The number of nitrogens with one attached hydrogen (secondary N) is 1. The van der Waals surface area contributed by atoms with Crippen molar-refractivity contribution in [3.63, 3.8) is 0 Å². The van der Waals surface area contributed by atoms with Crippen LogP contribution in [0.3, 0.4) is 0 Å². The van der Waals surface area contributed by atoms with Crippen LogP contribution in [0.25, 0.3) is 11.3 Å². The molecule has 0 amide bonds. The molecule has 1 saturated heterocycles. The predicted octanol–water partition coefficient (Wildman–Crippen LogP) is 2.76. The second-order valence-corrected chi connectivity index (χ2v) is 5.78.